The number of hydrogen-bond donors (Lipinski definition) is 2. The number of aliphatic hydroxyl groups is 1. The number of nitrogens with one attached hydrogen (secondary N) is 1. The topological polar surface area (TPSA) is 84.9 Å². The van der Waals surface area contributed by atoms with Gasteiger partial charge in [-0.05, 0) is 43.7 Å². The second kappa shape index (κ2) is 5.98. The fourth-order valence-electron chi connectivity index (χ4n) is 4.18. The zero-order valence-corrected chi connectivity index (χ0v) is 14.3. The monoisotopic (exact) mass is 353 g/mol. The van der Waals surface area contributed by atoms with Crippen molar-refractivity contribution in [2.75, 3.05) is 19.8 Å². The van der Waals surface area contributed by atoms with Crippen molar-refractivity contribution in [2.45, 2.75) is 49.1 Å². The van der Waals surface area contributed by atoms with E-state index in [1.54, 1.807) is 12.1 Å². The Labute approximate surface area is 142 Å². The molecule has 3 aliphatic rings. The molecule has 0 radical (unpaired) electrons. The van der Waals surface area contributed by atoms with Crippen molar-refractivity contribution in [1.82, 2.24) is 4.72 Å². The summed E-state index contributed by atoms with van der Waals surface area (Å²) in [5.41, 5.74) is 0.555. The molecular formula is C17H23NO5S. The lowest BCUT2D eigenvalue weighted by Gasteiger charge is -2.55. The predicted molar refractivity (Wildman–Crippen MR) is 87.5 cm³/mol. The number of ether oxygens (including phenoxy) is 2. The van der Waals surface area contributed by atoms with Crippen molar-refractivity contribution in [1.29, 1.82) is 0 Å². The summed E-state index contributed by atoms with van der Waals surface area (Å²) in [6.07, 6.45) is 3.10. The Kier molecular flexibility index (Phi) is 4.07. The standard InChI is InChI=1S/C17H23NO5S/c19-15-11-14(17(15)6-9-22-10-7-17)18-24(20,21)13-5-1-3-12-4-2-8-23-16(12)13/h1,3,5,14-15,18-19H,2,4,6-11H2/t14-,15-/m1/s1. The van der Waals surface area contributed by atoms with Crippen molar-refractivity contribution >= 4 is 10.0 Å². The van der Waals surface area contributed by atoms with Gasteiger partial charge in [0.05, 0.1) is 12.7 Å². The maximum absolute atomic E-state index is 12.9. The maximum atomic E-state index is 12.9. The third-order valence-electron chi connectivity index (χ3n) is 5.72. The van der Waals surface area contributed by atoms with Crippen LogP contribution in [0, 0.1) is 5.41 Å². The molecular weight excluding hydrogens is 330 g/mol. The van der Waals surface area contributed by atoms with Crippen LogP contribution in [-0.4, -0.2) is 45.5 Å². The van der Waals surface area contributed by atoms with E-state index in [-0.39, 0.29) is 16.4 Å². The van der Waals surface area contributed by atoms with E-state index in [4.69, 9.17) is 9.47 Å². The van der Waals surface area contributed by atoms with E-state index in [0.717, 1.165) is 18.4 Å². The molecule has 2 aliphatic heterocycles. The van der Waals surface area contributed by atoms with Gasteiger partial charge in [0.25, 0.3) is 0 Å². The van der Waals surface area contributed by atoms with Gasteiger partial charge in [0, 0.05) is 24.7 Å². The maximum Gasteiger partial charge on any atom is 0.244 e. The van der Waals surface area contributed by atoms with Gasteiger partial charge in [-0.25, -0.2) is 13.1 Å². The van der Waals surface area contributed by atoms with Crippen LogP contribution in [0.4, 0.5) is 0 Å². The number of benzene rings is 1. The highest BCUT2D eigenvalue weighted by molar-refractivity contribution is 7.89. The number of para-hydroxylation sites is 1. The summed E-state index contributed by atoms with van der Waals surface area (Å²) in [4.78, 5) is 0.211. The smallest absolute Gasteiger partial charge is 0.244 e. The van der Waals surface area contributed by atoms with Crippen molar-refractivity contribution in [3.63, 3.8) is 0 Å². The van der Waals surface area contributed by atoms with Crippen LogP contribution in [0.3, 0.4) is 0 Å². The third kappa shape index (κ3) is 2.54. The molecule has 2 atom stereocenters. The predicted octanol–water partition coefficient (Wildman–Crippen LogP) is 1.22. The lowest BCUT2D eigenvalue weighted by Crippen LogP contribution is -2.65. The molecule has 0 aromatic heterocycles. The average molecular weight is 353 g/mol. The summed E-state index contributed by atoms with van der Waals surface area (Å²) >= 11 is 0. The lowest BCUT2D eigenvalue weighted by atomic mass is 9.58. The van der Waals surface area contributed by atoms with Crippen LogP contribution in [0.25, 0.3) is 0 Å². The van der Waals surface area contributed by atoms with Crippen LogP contribution in [0.1, 0.15) is 31.2 Å². The number of rotatable bonds is 3. The van der Waals surface area contributed by atoms with Gasteiger partial charge >= 0.3 is 0 Å². The Bertz CT molecular complexity index is 726. The molecule has 1 aliphatic carbocycles. The molecule has 132 valence electrons. The molecule has 7 heteroatoms. The zero-order chi connectivity index (χ0) is 16.8. The van der Waals surface area contributed by atoms with Crippen molar-refractivity contribution in [3.8, 4) is 5.75 Å². The quantitative estimate of drug-likeness (QED) is 0.853. The molecule has 1 saturated carbocycles. The molecule has 0 bridgehead atoms. The van der Waals surface area contributed by atoms with Crippen molar-refractivity contribution < 1.29 is 23.0 Å². The van der Waals surface area contributed by atoms with Crippen molar-refractivity contribution in [3.05, 3.63) is 23.8 Å². The van der Waals surface area contributed by atoms with E-state index in [2.05, 4.69) is 4.72 Å². The van der Waals surface area contributed by atoms with Gasteiger partial charge < -0.3 is 14.6 Å². The first kappa shape index (κ1) is 16.3. The van der Waals surface area contributed by atoms with Crippen LogP contribution in [0.2, 0.25) is 0 Å². The summed E-state index contributed by atoms with van der Waals surface area (Å²) in [5.74, 6) is 0.483. The summed E-state index contributed by atoms with van der Waals surface area (Å²) in [6.45, 7) is 1.68. The molecule has 4 rings (SSSR count). The van der Waals surface area contributed by atoms with Gasteiger partial charge in [-0.3, -0.25) is 0 Å². The fourth-order valence-corrected chi connectivity index (χ4v) is 5.71. The van der Waals surface area contributed by atoms with Gasteiger partial charge in [0.1, 0.15) is 10.6 Å². The third-order valence-corrected chi connectivity index (χ3v) is 7.22. The highest BCUT2D eigenvalue weighted by Crippen LogP contribution is 2.49. The second-order valence-electron chi connectivity index (χ2n) is 6.97. The van der Waals surface area contributed by atoms with Gasteiger partial charge in [-0.15, -0.1) is 0 Å². The summed E-state index contributed by atoms with van der Waals surface area (Å²) in [6, 6.07) is 5.03. The summed E-state index contributed by atoms with van der Waals surface area (Å²) < 4.78 is 39.7. The van der Waals surface area contributed by atoms with E-state index in [9.17, 15) is 13.5 Å². The molecule has 1 spiro atoms. The van der Waals surface area contributed by atoms with Gasteiger partial charge in [0.15, 0.2) is 0 Å². The van der Waals surface area contributed by atoms with Crippen molar-refractivity contribution in [2.24, 2.45) is 5.41 Å². The Hall–Kier alpha value is -1.15. The number of aliphatic hydroxyl groups excluding tert-OH is 1. The van der Waals surface area contributed by atoms with Crippen LogP contribution >= 0.6 is 0 Å². The molecule has 2 fully saturated rings. The zero-order valence-electron chi connectivity index (χ0n) is 13.5. The number of fused-ring (bicyclic) bond motifs is 1. The SMILES string of the molecule is O=S(=O)(N[C@@H]1C[C@@H](O)C12CCOCC2)c1cccc2c1OCCC2. The number of aryl methyl sites for hydroxylation is 1. The molecule has 2 heterocycles. The van der Waals surface area contributed by atoms with Crippen LogP contribution in [0.15, 0.2) is 23.1 Å². The van der Waals surface area contributed by atoms with E-state index in [1.807, 2.05) is 6.07 Å². The number of hydrogen-bond acceptors (Lipinski definition) is 5. The minimum absolute atomic E-state index is 0.211. The Morgan fingerprint density at radius 1 is 1.21 bits per heavy atom. The van der Waals surface area contributed by atoms with Gasteiger partial charge in [-0.2, -0.15) is 0 Å². The minimum atomic E-state index is -3.69. The molecule has 1 aromatic carbocycles. The van der Waals surface area contributed by atoms with E-state index < -0.39 is 16.1 Å². The molecule has 24 heavy (non-hydrogen) atoms. The Morgan fingerprint density at radius 2 is 2.00 bits per heavy atom. The Morgan fingerprint density at radius 3 is 2.75 bits per heavy atom. The first-order chi connectivity index (χ1) is 11.5. The highest BCUT2D eigenvalue weighted by Gasteiger charge is 2.56. The van der Waals surface area contributed by atoms with E-state index in [0.29, 0.717) is 44.8 Å². The molecule has 6 nitrogen and oxygen atoms in total. The fraction of sp³-hybridized carbons (Fsp3) is 0.647. The second-order valence-corrected chi connectivity index (χ2v) is 8.65. The van der Waals surface area contributed by atoms with Crippen LogP contribution in [0.5, 0.6) is 5.75 Å². The number of sulfonamides is 1. The lowest BCUT2D eigenvalue weighted by molar-refractivity contribution is -0.143. The van der Waals surface area contributed by atoms with Gasteiger partial charge in [-0.1, -0.05) is 12.1 Å². The summed E-state index contributed by atoms with van der Waals surface area (Å²) in [7, 11) is -3.69. The molecule has 1 saturated heterocycles. The van der Waals surface area contributed by atoms with E-state index in [1.165, 1.54) is 0 Å². The Balaban J connectivity index is 1.60. The normalized spacial score (nSPS) is 28.7. The highest BCUT2D eigenvalue weighted by atomic mass is 32.2. The average Bonchev–Trinajstić information content (AvgIpc) is 2.61. The van der Waals surface area contributed by atoms with Gasteiger partial charge in [0.2, 0.25) is 10.0 Å². The molecule has 0 unspecified atom stereocenters. The molecule has 2 N–H and O–H groups in total. The van der Waals surface area contributed by atoms with Crippen LogP contribution in [-0.2, 0) is 21.2 Å². The van der Waals surface area contributed by atoms with Crippen LogP contribution < -0.4 is 9.46 Å². The summed E-state index contributed by atoms with van der Waals surface area (Å²) in [5, 5.41) is 10.2. The largest absolute Gasteiger partial charge is 0.492 e. The van der Waals surface area contributed by atoms with E-state index >= 15 is 0 Å². The first-order valence-corrected chi connectivity index (χ1v) is 10.0. The molecule has 1 aromatic rings. The first-order valence-electron chi connectivity index (χ1n) is 8.56. The minimum Gasteiger partial charge on any atom is -0.492 e. The molecule has 0 amide bonds.